The van der Waals surface area contributed by atoms with Gasteiger partial charge in [0.05, 0.1) is 54.3 Å². The summed E-state index contributed by atoms with van der Waals surface area (Å²) in [6.07, 6.45) is 1.79. The maximum atomic E-state index is 14.5. The molecule has 0 N–H and O–H groups in total. The first-order valence-corrected chi connectivity index (χ1v) is 18.4. The van der Waals surface area contributed by atoms with Gasteiger partial charge in [-0.05, 0) is 80.7 Å². The van der Waals surface area contributed by atoms with Gasteiger partial charge in [0.1, 0.15) is 6.61 Å². The van der Waals surface area contributed by atoms with Crippen molar-refractivity contribution in [2.24, 2.45) is 4.99 Å². The summed E-state index contributed by atoms with van der Waals surface area (Å²) in [5.41, 5.74) is 3.42. The number of hydrogen-bond acceptors (Lipinski definition) is 9. The summed E-state index contributed by atoms with van der Waals surface area (Å²) in [6.45, 7) is 2.22. The number of thiazole rings is 1. The third-order valence-electron chi connectivity index (χ3n) is 8.90. The Morgan fingerprint density at radius 2 is 1.60 bits per heavy atom. The van der Waals surface area contributed by atoms with Gasteiger partial charge in [-0.1, -0.05) is 90.2 Å². The van der Waals surface area contributed by atoms with Crippen LogP contribution < -0.4 is 33.8 Å². The highest BCUT2D eigenvalue weighted by atomic mass is 79.9. The minimum atomic E-state index is -0.881. The number of nitrogens with zero attached hydrogens (tertiary/aromatic N) is 2. The van der Waals surface area contributed by atoms with Crippen LogP contribution in [0.25, 0.3) is 22.5 Å². The maximum absolute atomic E-state index is 14.5. The standard InChI is InChI=1S/C42H35BrN2O7S/c1-5-51-41(47)36-37(27-13-7-6-8-14-27)44-42-45(38(36)28-18-19-32(48-2)33(23-28)49-3)40(46)35(53-42)22-25-20-31(43)39(34(21-25)50-4)52-24-29-16-11-15-26-12-9-10-17-30(26)29/h6-23,38H,5,24H2,1-4H3/b35-22-/t38-/m1/s1. The van der Waals surface area contributed by atoms with E-state index in [0.717, 1.165) is 16.3 Å². The number of carbonyl (C=O) groups is 1. The van der Waals surface area contributed by atoms with Crippen molar-refractivity contribution in [3.63, 3.8) is 0 Å². The topological polar surface area (TPSA) is 97.6 Å². The van der Waals surface area contributed by atoms with Crippen molar-refractivity contribution >= 4 is 55.8 Å². The summed E-state index contributed by atoms with van der Waals surface area (Å²) in [7, 11) is 4.67. The number of ether oxygens (including phenoxy) is 5. The van der Waals surface area contributed by atoms with E-state index in [9.17, 15) is 9.59 Å². The molecule has 0 saturated heterocycles. The molecule has 5 aromatic carbocycles. The first-order valence-electron chi connectivity index (χ1n) is 16.8. The number of hydrogen-bond donors (Lipinski definition) is 0. The minimum absolute atomic E-state index is 0.145. The van der Waals surface area contributed by atoms with Crippen LogP contribution in [-0.2, 0) is 16.1 Å². The number of methoxy groups -OCH3 is 3. The molecule has 9 nitrogen and oxygen atoms in total. The van der Waals surface area contributed by atoms with E-state index in [4.69, 9.17) is 28.7 Å². The molecule has 0 unspecified atom stereocenters. The van der Waals surface area contributed by atoms with E-state index in [2.05, 4.69) is 34.1 Å². The first kappa shape index (κ1) is 35.7. The van der Waals surface area contributed by atoms with Gasteiger partial charge < -0.3 is 23.7 Å². The zero-order valence-corrected chi connectivity index (χ0v) is 31.8. The number of benzene rings is 5. The molecule has 1 aliphatic rings. The Bertz CT molecular complexity index is 2560. The lowest BCUT2D eigenvalue weighted by Gasteiger charge is -2.26. The van der Waals surface area contributed by atoms with Crippen LogP contribution in [-0.4, -0.2) is 38.5 Å². The zero-order valence-electron chi connectivity index (χ0n) is 29.4. The molecule has 0 radical (unpaired) electrons. The van der Waals surface area contributed by atoms with Gasteiger partial charge >= 0.3 is 5.97 Å². The third kappa shape index (κ3) is 6.97. The van der Waals surface area contributed by atoms with Crippen LogP contribution in [0.1, 0.15) is 35.2 Å². The van der Waals surface area contributed by atoms with E-state index >= 15 is 0 Å². The molecule has 1 aromatic heterocycles. The van der Waals surface area contributed by atoms with Crippen molar-refractivity contribution in [2.75, 3.05) is 27.9 Å². The number of halogens is 1. The van der Waals surface area contributed by atoms with Crippen LogP contribution in [0.5, 0.6) is 23.0 Å². The fourth-order valence-electron chi connectivity index (χ4n) is 6.46. The molecule has 0 fully saturated rings. The predicted octanol–water partition coefficient (Wildman–Crippen LogP) is 7.46. The summed E-state index contributed by atoms with van der Waals surface area (Å²) in [5, 5.41) is 2.25. The number of esters is 1. The normalized spacial score (nSPS) is 14.1. The quantitative estimate of drug-likeness (QED) is 0.126. The minimum Gasteiger partial charge on any atom is -0.493 e. The second kappa shape index (κ2) is 15.5. The van der Waals surface area contributed by atoms with Crippen LogP contribution >= 0.6 is 27.3 Å². The first-order chi connectivity index (χ1) is 25.8. The Kier molecular flexibility index (Phi) is 10.5. The molecule has 0 amide bonds. The largest absolute Gasteiger partial charge is 0.493 e. The molecule has 1 atom stereocenters. The van der Waals surface area contributed by atoms with Crippen LogP contribution in [0.2, 0.25) is 0 Å². The molecule has 0 saturated carbocycles. The molecule has 0 bridgehead atoms. The van der Waals surface area contributed by atoms with Gasteiger partial charge in [0, 0.05) is 5.56 Å². The fraction of sp³-hybridized carbons (Fsp3) is 0.167. The Labute approximate surface area is 318 Å². The summed E-state index contributed by atoms with van der Waals surface area (Å²) in [4.78, 5) is 33.7. The molecule has 11 heteroatoms. The Hall–Kier alpha value is -5.65. The number of rotatable bonds is 11. The van der Waals surface area contributed by atoms with Crippen LogP contribution in [0.4, 0.5) is 0 Å². The van der Waals surface area contributed by atoms with Crippen molar-refractivity contribution in [1.29, 1.82) is 0 Å². The smallest absolute Gasteiger partial charge is 0.338 e. The molecular weight excluding hydrogens is 756 g/mol. The van der Waals surface area contributed by atoms with E-state index in [1.165, 1.54) is 18.4 Å². The van der Waals surface area contributed by atoms with E-state index in [1.807, 2.05) is 72.8 Å². The van der Waals surface area contributed by atoms with Crippen LogP contribution in [0.15, 0.2) is 123 Å². The highest BCUT2D eigenvalue weighted by Crippen LogP contribution is 2.40. The SMILES string of the molecule is CCOC(=O)C1=C(c2ccccc2)N=c2s/c(=C\c3cc(Br)c(OCc4cccc5ccccc45)c(OC)c3)c(=O)n2[C@@H]1c1ccc(OC)c(OC)c1. The van der Waals surface area contributed by atoms with Gasteiger partial charge in [-0.3, -0.25) is 9.36 Å². The summed E-state index contributed by atoms with van der Waals surface area (Å²) in [5.74, 6) is 1.43. The lowest BCUT2D eigenvalue weighted by molar-refractivity contribution is -0.138. The van der Waals surface area contributed by atoms with Crippen molar-refractivity contribution in [1.82, 2.24) is 4.57 Å². The van der Waals surface area contributed by atoms with Gasteiger partial charge in [-0.25, -0.2) is 9.79 Å². The molecule has 2 heterocycles. The second-order valence-corrected chi connectivity index (χ2v) is 13.9. The third-order valence-corrected chi connectivity index (χ3v) is 10.5. The van der Waals surface area contributed by atoms with Crippen molar-refractivity contribution in [2.45, 2.75) is 19.6 Å². The van der Waals surface area contributed by atoms with Crippen LogP contribution in [0, 0.1) is 0 Å². The molecule has 53 heavy (non-hydrogen) atoms. The predicted molar refractivity (Wildman–Crippen MR) is 210 cm³/mol. The van der Waals surface area contributed by atoms with Gasteiger partial charge in [-0.15, -0.1) is 0 Å². The van der Waals surface area contributed by atoms with E-state index < -0.39 is 12.0 Å². The average Bonchev–Trinajstić information content (AvgIpc) is 3.50. The summed E-state index contributed by atoms with van der Waals surface area (Å²) in [6, 6.07) is 31.9. The van der Waals surface area contributed by atoms with Gasteiger partial charge in [0.2, 0.25) is 0 Å². The number of fused-ring (bicyclic) bond motifs is 2. The van der Waals surface area contributed by atoms with E-state index in [1.54, 1.807) is 43.9 Å². The molecule has 0 spiro atoms. The van der Waals surface area contributed by atoms with E-state index in [0.29, 0.717) is 65.8 Å². The molecule has 268 valence electrons. The van der Waals surface area contributed by atoms with Gasteiger partial charge in [0.25, 0.3) is 5.56 Å². The molecule has 1 aliphatic heterocycles. The molecule has 0 aliphatic carbocycles. The lowest BCUT2D eigenvalue weighted by Crippen LogP contribution is -2.40. The highest BCUT2D eigenvalue weighted by Gasteiger charge is 2.35. The highest BCUT2D eigenvalue weighted by molar-refractivity contribution is 9.10. The Balaban J connectivity index is 1.35. The average molecular weight is 792 g/mol. The van der Waals surface area contributed by atoms with Crippen molar-refractivity contribution < 1.29 is 28.5 Å². The maximum Gasteiger partial charge on any atom is 0.338 e. The van der Waals surface area contributed by atoms with Gasteiger partial charge in [-0.2, -0.15) is 0 Å². The van der Waals surface area contributed by atoms with Crippen molar-refractivity contribution in [3.05, 3.63) is 155 Å². The van der Waals surface area contributed by atoms with Crippen LogP contribution in [0.3, 0.4) is 0 Å². The Morgan fingerprint density at radius 1 is 0.868 bits per heavy atom. The second-order valence-electron chi connectivity index (χ2n) is 12.0. The van der Waals surface area contributed by atoms with E-state index in [-0.39, 0.29) is 17.7 Å². The molecular formula is C42H35BrN2O7S. The summed E-state index contributed by atoms with van der Waals surface area (Å²) < 4.78 is 31.4. The lowest BCUT2D eigenvalue weighted by atomic mass is 9.93. The number of carbonyl (C=O) groups excluding carboxylic acids is 1. The monoisotopic (exact) mass is 790 g/mol. The zero-order chi connectivity index (χ0) is 37.1. The van der Waals surface area contributed by atoms with Gasteiger partial charge in [0.15, 0.2) is 27.8 Å². The Morgan fingerprint density at radius 3 is 2.36 bits per heavy atom. The fourth-order valence-corrected chi connectivity index (χ4v) is 8.04. The molecule has 7 rings (SSSR count). The number of aromatic nitrogens is 1. The van der Waals surface area contributed by atoms with Crippen molar-refractivity contribution in [3.8, 4) is 23.0 Å². The molecule has 6 aromatic rings. The summed E-state index contributed by atoms with van der Waals surface area (Å²) >= 11 is 4.91.